The number of benzene rings is 2. The SMILES string of the molecule is CC(C)(C)[C@H](NC(=O)OCC1c2ccccc2-c2ccccc21)C(=O)N1CCC[C@@H]1C(=O)O. The molecule has 2 aromatic carbocycles. The Morgan fingerprint density at radius 2 is 1.64 bits per heavy atom. The number of carbonyl (C=O) groups excluding carboxylic acids is 2. The molecule has 0 aromatic heterocycles. The molecule has 2 N–H and O–H groups in total. The topological polar surface area (TPSA) is 95.9 Å². The minimum atomic E-state index is -1.02. The van der Waals surface area contributed by atoms with Gasteiger partial charge in [0.1, 0.15) is 18.7 Å². The average molecular weight is 451 g/mol. The summed E-state index contributed by atoms with van der Waals surface area (Å²) in [4.78, 5) is 38.9. The third-order valence-electron chi connectivity index (χ3n) is 6.54. The zero-order chi connectivity index (χ0) is 23.8. The highest BCUT2D eigenvalue weighted by molar-refractivity contribution is 5.90. The number of aliphatic carboxylic acids is 1. The predicted molar refractivity (Wildman–Crippen MR) is 124 cm³/mol. The van der Waals surface area contributed by atoms with E-state index < -0.39 is 29.6 Å². The van der Waals surface area contributed by atoms with Gasteiger partial charge in [-0.3, -0.25) is 4.79 Å². The molecule has 7 heteroatoms. The van der Waals surface area contributed by atoms with E-state index in [-0.39, 0.29) is 18.4 Å². The largest absolute Gasteiger partial charge is 0.480 e. The van der Waals surface area contributed by atoms with Gasteiger partial charge in [-0.1, -0.05) is 69.3 Å². The number of amides is 2. The summed E-state index contributed by atoms with van der Waals surface area (Å²) in [6.07, 6.45) is 0.365. The van der Waals surface area contributed by atoms with E-state index in [1.807, 2.05) is 57.2 Å². The van der Waals surface area contributed by atoms with E-state index in [2.05, 4.69) is 17.4 Å². The molecule has 0 saturated carbocycles. The molecule has 33 heavy (non-hydrogen) atoms. The number of ether oxygens (including phenoxy) is 1. The highest BCUT2D eigenvalue weighted by Crippen LogP contribution is 2.44. The number of carboxylic acids is 1. The van der Waals surface area contributed by atoms with Crippen LogP contribution < -0.4 is 5.32 Å². The number of carboxylic acid groups (broad SMARTS) is 1. The lowest BCUT2D eigenvalue weighted by Gasteiger charge is -2.34. The van der Waals surface area contributed by atoms with Crippen LogP contribution >= 0.6 is 0 Å². The second kappa shape index (κ2) is 8.89. The van der Waals surface area contributed by atoms with Crippen LogP contribution in [0, 0.1) is 5.41 Å². The zero-order valence-corrected chi connectivity index (χ0v) is 19.2. The number of carbonyl (C=O) groups is 3. The van der Waals surface area contributed by atoms with Gasteiger partial charge in [-0.05, 0) is 40.5 Å². The fourth-order valence-electron chi connectivity index (χ4n) is 4.86. The third-order valence-corrected chi connectivity index (χ3v) is 6.54. The highest BCUT2D eigenvalue weighted by atomic mass is 16.5. The summed E-state index contributed by atoms with van der Waals surface area (Å²) in [6.45, 7) is 6.03. The monoisotopic (exact) mass is 450 g/mol. The predicted octanol–water partition coefficient (Wildman–Crippen LogP) is 4.02. The van der Waals surface area contributed by atoms with E-state index in [0.717, 1.165) is 22.3 Å². The molecule has 2 aliphatic rings. The molecule has 0 unspecified atom stereocenters. The number of hydrogen-bond donors (Lipinski definition) is 2. The lowest BCUT2D eigenvalue weighted by atomic mass is 9.85. The fraction of sp³-hybridized carbons (Fsp3) is 0.423. The summed E-state index contributed by atoms with van der Waals surface area (Å²) in [5.41, 5.74) is 3.87. The first-order chi connectivity index (χ1) is 15.7. The van der Waals surface area contributed by atoms with Gasteiger partial charge in [-0.15, -0.1) is 0 Å². The van der Waals surface area contributed by atoms with Crippen molar-refractivity contribution in [2.75, 3.05) is 13.2 Å². The average Bonchev–Trinajstić information content (AvgIpc) is 3.38. The molecular formula is C26H30N2O5. The summed E-state index contributed by atoms with van der Waals surface area (Å²) in [5.74, 6) is -1.49. The molecule has 1 aliphatic heterocycles. The number of nitrogens with one attached hydrogen (secondary N) is 1. The lowest BCUT2D eigenvalue weighted by Crippen LogP contribution is -2.56. The summed E-state index contributed by atoms with van der Waals surface area (Å²) in [7, 11) is 0. The van der Waals surface area contributed by atoms with Gasteiger partial charge in [0.15, 0.2) is 0 Å². The number of hydrogen-bond acceptors (Lipinski definition) is 4. The van der Waals surface area contributed by atoms with Gasteiger partial charge >= 0.3 is 12.1 Å². The van der Waals surface area contributed by atoms with Gasteiger partial charge < -0.3 is 20.1 Å². The minimum absolute atomic E-state index is 0.0816. The minimum Gasteiger partial charge on any atom is -0.480 e. The smallest absolute Gasteiger partial charge is 0.407 e. The summed E-state index contributed by atoms with van der Waals surface area (Å²) >= 11 is 0. The summed E-state index contributed by atoms with van der Waals surface area (Å²) in [6, 6.07) is 14.4. The summed E-state index contributed by atoms with van der Waals surface area (Å²) in [5, 5.41) is 12.2. The van der Waals surface area contributed by atoms with Crippen molar-refractivity contribution in [1.29, 1.82) is 0 Å². The Kier molecular flexibility index (Phi) is 6.15. The van der Waals surface area contributed by atoms with E-state index in [9.17, 15) is 19.5 Å². The van der Waals surface area contributed by atoms with Crippen molar-refractivity contribution in [2.24, 2.45) is 5.41 Å². The third kappa shape index (κ3) is 4.45. The lowest BCUT2D eigenvalue weighted by molar-refractivity contribution is -0.150. The first-order valence-corrected chi connectivity index (χ1v) is 11.3. The van der Waals surface area contributed by atoms with Gasteiger partial charge in [-0.25, -0.2) is 9.59 Å². The second-order valence-corrected chi connectivity index (χ2v) is 9.80. The van der Waals surface area contributed by atoms with Gasteiger partial charge in [0.25, 0.3) is 0 Å². The molecule has 174 valence electrons. The Morgan fingerprint density at radius 1 is 1.06 bits per heavy atom. The first-order valence-electron chi connectivity index (χ1n) is 11.3. The molecule has 0 spiro atoms. The molecule has 2 amide bonds. The molecule has 7 nitrogen and oxygen atoms in total. The molecule has 0 radical (unpaired) electrons. The van der Waals surface area contributed by atoms with Crippen LogP contribution in [0.2, 0.25) is 0 Å². The van der Waals surface area contributed by atoms with E-state index in [4.69, 9.17) is 4.74 Å². The Hall–Kier alpha value is -3.35. The molecule has 1 saturated heterocycles. The number of likely N-dealkylation sites (tertiary alicyclic amines) is 1. The quantitative estimate of drug-likeness (QED) is 0.717. The van der Waals surface area contributed by atoms with Gasteiger partial charge in [0.05, 0.1) is 0 Å². The Morgan fingerprint density at radius 3 is 2.18 bits per heavy atom. The van der Waals surface area contributed by atoms with Crippen molar-refractivity contribution in [2.45, 2.75) is 51.6 Å². The van der Waals surface area contributed by atoms with Crippen LogP contribution in [-0.4, -0.2) is 53.2 Å². The van der Waals surface area contributed by atoms with Gasteiger partial charge in [-0.2, -0.15) is 0 Å². The number of nitrogens with zero attached hydrogens (tertiary/aromatic N) is 1. The van der Waals surface area contributed by atoms with E-state index in [1.165, 1.54) is 4.90 Å². The maximum atomic E-state index is 13.2. The van der Waals surface area contributed by atoms with Crippen molar-refractivity contribution < 1.29 is 24.2 Å². The van der Waals surface area contributed by atoms with Crippen molar-refractivity contribution in [3.63, 3.8) is 0 Å². The van der Waals surface area contributed by atoms with Crippen LogP contribution in [-0.2, 0) is 14.3 Å². The van der Waals surface area contributed by atoms with Crippen LogP contribution in [0.5, 0.6) is 0 Å². The Labute approximate surface area is 193 Å². The highest BCUT2D eigenvalue weighted by Gasteiger charge is 2.42. The van der Waals surface area contributed by atoms with Gasteiger partial charge in [0, 0.05) is 12.5 Å². The molecular weight excluding hydrogens is 420 g/mol. The number of alkyl carbamates (subject to hydrolysis) is 1. The van der Waals surface area contributed by atoms with Crippen LogP contribution in [0.4, 0.5) is 4.79 Å². The molecule has 1 fully saturated rings. The number of rotatable bonds is 5. The molecule has 1 heterocycles. The van der Waals surface area contributed by atoms with Crippen LogP contribution in [0.25, 0.3) is 11.1 Å². The van der Waals surface area contributed by atoms with E-state index in [1.54, 1.807) is 0 Å². The molecule has 4 rings (SSSR count). The standard InChI is InChI=1S/C26H30N2O5/c1-26(2,3)22(23(29)28-14-8-13-21(28)24(30)31)27-25(32)33-15-20-18-11-6-4-9-16(18)17-10-5-7-12-19(17)20/h4-7,9-12,20-22H,8,13-15H2,1-3H3,(H,27,32)(H,30,31)/t21-,22-/m1/s1. The van der Waals surface area contributed by atoms with Crippen LogP contribution in [0.3, 0.4) is 0 Å². The molecule has 1 aliphatic carbocycles. The van der Waals surface area contributed by atoms with Crippen molar-refractivity contribution in [3.05, 3.63) is 59.7 Å². The van der Waals surface area contributed by atoms with E-state index >= 15 is 0 Å². The first kappa shape index (κ1) is 22.8. The van der Waals surface area contributed by atoms with Crippen LogP contribution in [0.15, 0.2) is 48.5 Å². The van der Waals surface area contributed by atoms with Crippen LogP contribution in [0.1, 0.15) is 50.7 Å². The van der Waals surface area contributed by atoms with E-state index in [0.29, 0.717) is 19.4 Å². The maximum Gasteiger partial charge on any atom is 0.407 e. The molecule has 2 aromatic rings. The summed E-state index contributed by atoms with van der Waals surface area (Å²) < 4.78 is 5.62. The Bertz CT molecular complexity index is 1030. The molecule has 2 atom stereocenters. The second-order valence-electron chi connectivity index (χ2n) is 9.80. The number of fused-ring (bicyclic) bond motifs is 3. The van der Waals surface area contributed by atoms with Crippen molar-refractivity contribution >= 4 is 18.0 Å². The zero-order valence-electron chi connectivity index (χ0n) is 19.2. The fourth-order valence-corrected chi connectivity index (χ4v) is 4.86. The van der Waals surface area contributed by atoms with Crippen molar-refractivity contribution in [1.82, 2.24) is 10.2 Å². The van der Waals surface area contributed by atoms with Crippen molar-refractivity contribution in [3.8, 4) is 11.1 Å². The maximum absolute atomic E-state index is 13.2. The normalized spacial score (nSPS) is 18.4. The Balaban J connectivity index is 1.47. The van der Waals surface area contributed by atoms with Gasteiger partial charge in [0.2, 0.25) is 5.91 Å². The molecule has 0 bridgehead atoms.